The predicted molar refractivity (Wildman–Crippen MR) is 128 cm³/mol. The topological polar surface area (TPSA) is 123 Å². The van der Waals surface area contributed by atoms with Crippen LogP contribution in [0.3, 0.4) is 0 Å². The average Bonchev–Trinajstić information content (AvgIpc) is 3.38. The van der Waals surface area contributed by atoms with Crippen LogP contribution < -0.4 is 10.6 Å². The van der Waals surface area contributed by atoms with Gasteiger partial charge in [0.2, 0.25) is 0 Å². The Kier molecular flexibility index (Phi) is 6.63. The molecule has 10 nitrogen and oxygen atoms in total. The van der Waals surface area contributed by atoms with Gasteiger partial charge in [-0.3, -0.25) is 19.3 Å². The molecule has 1 aromatic heterocycles. The normalized spacial score (nSPS) is 17.3. The Morgan fingerprint density at radius 1 is 1.06 bits per heavy atom. The number of benzene rings is 2. The van der Waals surface area contributed by atoms with Crippen LogP contribution in [0.4, 0.5) is 10.6 Å². The van der Waals surface area contributed by atoms with E-state index in [1.54, 1.807) is 24.6 Å². The zero-order chi connectivity index (χ0) is 25.0. The molecule has 0 spiro atoms. The van der Waals surface area contributed by atoms with Crippen LogP contribution in [0.2, 0.25) is 0 Å². The summed E-state index contributed by atoms with van der Waals surface area (Å²) in [5.41, 5.74) is 1.21. The number of esters is 1. The van der Waals surface area contributed by atoms with Gasteiger partial charge in [-0.15, -0.1) is 0 Å². The third-order valence-electron chi connectivity index (χ3n) is 5.75. The lowest BCUT2D eigenvalue weighted by atomic mass is 9.99. The van der Waals surface area contributed by atoms with Gasteiger partial charge >= 0.3 is 12.0 Å². The molecule has 0 saturated carbocycles. The van der Waals surface area contributed by atoms with Crippen LogP contribution in [0.1, 0.15) is 20.3 Å². The Hall–Kier alpha value is -4.47. The molecular formula is C25H25N5O5. The van der Waals surface area contributed by atoms with Crippen molar-refractivity contribution in [2.45, 2.75) is 25.8 Å². The maximum absolute atomic E-state index is 12.6. The first-order chi connectivity index (χ1) is 16.8. The Morgan fingerprint density at radius 3 is 2.34 bits per heavy atom. The molecule has 2 aromatic carbocycles. The minimum atomic E-state index is -1.05. The number of anilines is 1. The molecule has 35 heavy (non-hydrogen) atoms. The van der Waals surface area contributed by atoms with Crippen molar-refractivity contribution in [3.05, 3.63) is 66.7 Å². The Labute approximate surface area is 201 Å². The van der Waals surface area contributed by atoms with Crippen molar-refractivity contribution in [3.63, 3.8) is 0 Å². The number of ether oxygens (including phenoxy) is 1. The second-order valence-electron chi connectivity index (χ2n) is 8.24. The number of hydrogen-bond acceptors (Lipinski definition) is 6. The molecule has 10 heteroatoms. The maximum Gasteiger partial charge on any atom is 0.326 e. The van der Waals surface area contributed by atoms with Crippen molar-refractivity contribution in [2.75, 3.05) is 18.5 Å². The zero-order valence-electron chi connectivity index (χ0n) is 19.4. The second kappa shape index (κ2) is 9.80. The molecule has 1 fully saturated rings. The number of nitrogens with one attached hydrogen (secondary N) is 2. The van der Waals surface area contributed by atoms with Gasteiger partial charge in [0.1, 0.15) is 17.9 Å². The summed E-state index contributed by atoms with van der Waals surface area (Å²) in [4.78, 5) is 50.1. The number of urea groups is 1. The van der Waals surface area contributed by atoms with Crippen LogP contribution in [0.15, 0.2) is 66.7 Å². The standard InChI is InChI=1S/C25H25N5O5/c1-3-25(2)23(33)29(24(34)27-25)15-22(32)35-16-21(31)26-20-14-19(17-10-6-4-7-11-17)28-30(20)18-12-8-5-9-13-18/h4-14H,3,15-16H2,1-2H3,(H,26,31)(H,27,34). The number of para-hydroxylation sites is 1. The van der Waals surface area contributed by atoms with Gasteiger partial charge in [-0.1, -0.05) is 55.5 Å². The number of carbonyl (C=O) groups is 4. The van der Waals surface area contributed by atoms with Crippen LogP contribution in [0.5, 0.6) is 0 Å². The third-order valence-corrected chi connectivity index (χ3v) is 5.75. The largest absolute Gasteiger partial charge is 0.454 e. The molecule has 1 aliphatic rings. The lowest BCUT2D eigenvalue weighted by Gasteiger charge is -2.18. The van der Waals surface area contributed by atoms with Crippen molar-refractivity contribution in [3.8, 4) is 16.9 Å². The summed E-state index contributed by atoms with van der Waals surface area (Å²) >= 11 is 0. The quantitative estimate of drug-likeness (QED) is 0.382. The van der Waals surface area contributed by atoms with Gasteiger partial charge in [-0.05, 0) is 25.5 Å². The molecule has 0 bridgehead atoms. The van der Waals surface area contributed by atoms with Gasteiger partial charge in [0.15, 0.2) is 6.61 Å². The minimum Gasteiger partial charge on any atom is -0.454 e. The summed E-state index contributed by atoms with van der Waals surface area (Å²) in [7, 11) is 0. The highest BCUT2D eigenvalue weighted by Gasteiger charge is 2.47. The highest BCUT2D eigenvalue weighted by Crippen LogP contribution is 2.25. The van der Waals surface area contributed by atoms with Gasteiger partial charge in [0.25, 0.3) is 11.8 Å². The molecule has 180 valence electrons. The fourth-order valence-electron chi connectivity index (χ4n) is 3.62. The van der Waals surface area contributed by atoms with E-state index in [2.05, 4.69) is 15.7 Å². The van der Waals surface area contributed by atoms with Crippen LogP contribution >= 0.6 is 0 Å². The SMILES string of the molecule is CCC1(C)NC(=O)N(CC(=O)OCC(=O)Nc2cc(-c3ccccc3)nn2-c2ccccc2)C1=O. The monoisotopic (exact) mass is 475 g/mol. The summed E-state index contributed by atoms with van der Waals surface area (Å²) < 4.78 is 6.60. The van der Waals surface area contributed by atoms with E-state index in [1.165, 1.54) is 0 Å². The Balaban J connectivity index is 1.42. The lowest BCUT2D eigenvalue weighted by Crippen LogP contribution is -2.43. The first kappa shape index (κ1) is 23.7. The molecule has 1 atom stereocenters. The van der Waals surface area contributed by atoms with E-state index in [0.29, 0.717) is 17.9 Å². The van der Waals surface area contributed by atoms with E-state index in [-0.39, 0.29) is 0 Å². The molecule has 2 heterocycles. The Morgan fingerprint density at radius 2 is 1.71 bits per heavy atom. The van der Waals surface area contributed by atoms with E-state index in [9.17, 15) is 19.2 Å². The van der Waals surface area contributed by atoms with Crippen molar-refractivity contribution >= 4 is 29.6 Å². The smallest absolute Gasteiger partial charge is 0.326 e. The highest BCUT2D eigenvalue weighted by molar-refractivity contribution is 6.08. The van der Waals surface area contributed by atoms with E-state index in [0.717, 1.165) is 16.2 Å². The van der Waals surface area contributed by atoms with Gasteiger partial charge in [0, 0.05) is 11.6 Å². The van der Waals surface area contributed by atoms with Gasteiger partial charge in [-0.2, -0.15) is 5.10 Å². The molecule has 0 radical (unpaired) electrons. The average molecular weight is 476 g/mol. The minimum absolute atomic E-state index is 0.381. The summed E-state index contributed by atoms with van der Waals surface area (Å²) in [6, 6.07) is 19.8. The number of carbonyl (C=O) groups excluding carboxylic acids is 4. The zero-order valence-corrected chi connectivity index (χ0v) is 19.4. The first-order valence-electron chi connectivity index (χ1n) is 11.1. The van der Waals surface area contributed by atoms with E-state index in [4.69, 9.17) is 4.74 Å². The van der Waals surface area contributed by atoms with Crippen molar-refractivity contribution in [2.24, 2.45) is 0 Å². The molecule has 4 rings (SSSR count). The summed E-state index contributed by atoms with van der Waals surface area (Å²) in [6.45, 7) is 2.18. The lowest BCUT2D eigenvalue weighted by molar-refractivity contribution is -0.150. The Bertz CT molecular complexity index is 1260. The number of imide groups is 1. The molecule has 4 amide bonds. The number of aromatic nitrogens is 2. The molecule has 0 aliphatic carbocycles. The van der Waals surface area contributed by atoms with E-state index in [1.807, 2.05) is 60.7 Å². The molecular weight excluding hydrogens is 450 g/mol. The summed E-state index contributed by atoms with van der Waals surface area (Å²) in [6.07, 6.45) is 0.381. The molecule has 1 saturated heterocycles. The summed E-state index contributed by atoms with van der Waals surface area (Å²) in [5, 5.41) is 9.88. The number of rotatable bonds is 8. The fourth-order valence-corrected chi connectivity index (χ4v) is 3.62. The summed E-state index contributed by atoms with van der Waals surface area (Å²) in [5.74, 6) is -1.58. The fraction of sp³-hybridized carbons (Fsp3) is 0.240. The third kappa shape index (κ3) is 5.06. The van der Waals surface area contributed by atoms with Crippen molar-refractivity contribution in [1.82, 2.24) is 20.0 Å². The second-order valence-corrected chi connectivity index (χ2v) is 8.24. The molecule has 1 unspecified atom stereocenters. The van der Waals surface area contributed by atoms with Gasteiger partial charge in [0.05, 0.1) is 11.4 Å². The predicted octanol–water partition coefficient (Wildman–Crippen LogP) is 2.74. The first-order valence-corrected chi connectivity index (χ1v) is 11.1. The van der Waals surface area contributed by atoms with Gasteiger partial charge in [-0.25, -0.2) is 9.48 Å². The van der Waals surface area contributed by atoms with E-state index >= 15 is 0 Å². The van der Waals surface area contributed by atoms with E-state index < -0.39 is 42.5 Å². The molecule has 2 N–H and O–H groups in total. The van der Waals surface area contributed by atoms with Crippen LogP contribution in [-0.4, -0.2) is 57.2 Å². The van der Waals surface area contributed by atoms with Crippen molar-refractivity contribution < 1.29 is 23.9 Å². The number of hydrogen-bond donors (Lipinski definition) is 2. The number of nitrogens with zero attached hydrogens (tertiary/aromatic N) is 3. The maximum atomic E-state index is 12.6. The highest BCUT2D eigenvalue weighted by atomic mass is 16.5. The van der Waals surface area contributed by atoms with Crippen molar-refractivity contribution in [1.29, 1.82) is 0 Å². The van der Waals surface area contributed by atoms with Crippen LogP contribution in [-0.2, 0) is 19.1 Å². The van der Waals surface area contributed by atoms with Gasteiger partial charge < -0.3 is 15.4 Å². The molecule has 1 aliphatic heterocycles. The molecule has 3 aromatic rings. The number of amides is 4. The van der Waals surface area contributed by atoms with Crippen LogP contribution in [0.25, 0.3) is 16.9 Å². The van der Waals surface area contributed by atoms with Crippen LogP contribution in [0, 0.1) is 0 Å².